The highest BCUT2D eigenvalue weighted by molar-refractivity contribution is 6.19. The molecule has 0 radical (unpaired) electrons. The molecule has 1 aromatic heterocycles. The van der Waals surface area contributed by atoms with Crippen LogP contribution in [0.15, 0.2) is 42.9 Å². The summed E-state index contributed by atoms with van der Waals surface area (Å²) in [5.74, 6) is 1.72. The maximum absolute atomic E-state index is 5.86. The summed E-state index contributed by atoms with van der Waals surface area (Å²) in [6, 6.07) is 2.01. The molecule has 6 heteroatoms. The lowest BCUT2D eigenvalue weighted by atomic mass is 9.92. The number of furan rings is 1. The molecule has 26 heavy (non-hydrogen) atoms. The van der Waals surface area contributed by atoms with E-state index >= 15 is 0 Å². The fourth-order valence-electron chi connectivity index (χ4n) is 3.91. The van der Waals surface area contributed by atoms with E-state index in [1.54, 1.807) is 6.26 Å². The maximum Gasteiger partial charge on any atom is 0.221 e. The molecule has 0 N–H and O–H groups in total. The Labute approximate surface area is 154 Å². The molecule has 1 saturated heterocycles. The van der Waals surface area contributed by atoms with E-state index in [9.17, 15) is 0 Å². The van der Waals surface area contributed by atoms with Crippen LogP contribution in [0.4, 0.5) is 0 Å². The van der Waals surface area contributed by atoms with E-state index < -0.39 is 0 Å². The van der Waals surface area contributed by atoms with E-state index in [-0.39, 0.29) is 12.2 Å². The number of aliphatic imine (C=N–C) groups is 3. The molecule has 0 spiro atoms. The van der Waals surface area contributed by atoms with Gasteiger partial charge in [0.15, 0.2) is 0 Å². The van der Waals surface area contributed by atoms with Crippen molar-refractivity contribution in [1.29, 1.82) is 0 Å². The molecule has 1 aromatic rings. The number of ether oxygens (including phenoxy) is 1. The number of guanidine groups is 1. The quantitative estimate of drug-likeness (QED) is 0.779. The van der Waals surface area contributed by atoms with Gasteiger partial charge < -0.3 is 14.1 Å². The number of hydrogen-bond donors (Lipinski definition) is 0. The van der Waals surface area contributed by atoms with Crippen molar-refractivity contribution in [2.24, 2.45) is 15.0 Å². The molecule has 0 aromatic carbocycles. The van der Waals surface area contributed by atoms with Crippen LogP contribution in [-0.4, -0.2) is 61.2 Å². The molecule has 0 saturated carbocycles. The van der Waals surface area contributed by atoms with Crippen LogP contribution >= 0.6 is 0 Å². The predicted molar refractivity (Wildman–Crippen MR) is 103 cm³/mol. The van der Waals surface area contributed by atoms with Crippen molar-refractivity contribution in [3.8, 4) is 0 Å². The van der Waals surface area contributed by atoms with Crippen LogP contribution in [-0.2, 0) is 4.74 Å². The van der Waals surface area contributed by atoms with Gasteiger partial charge in [0.05, 0.1) is 30.7 Å². The first-order valence-electron chi connectivity index (χ1n) is 9.39. The molecule has 138 valence electrons. The Kier molecular flexibility index (Phi) is 4.76. The average Bonchev–Trinajstić information content (AvgIpc) is 3.07. The summed E-state index contributed by atoms with van der Waals surface area (Å²) in [6.07, 6.45) is 5.99. The third-order valence-corrected chi connectivity index (χ3v) is 5.13. The number of aryl methyl sites for hydroxylation is 1. The van der Waals surface area contributed by atoms with Gasteiger partial charge >= 0.3 is 0 Å². The summed E-state index contributed by atoms with van der Waals surface area (Å²) in [6.45, 7) is 9.36. The molecule has 4 rings (SSSR count). The summed E-state index contributed by atoms with van der Waals surface area (Å²) < 4.78 is 11.4. The van der Waals surface area contributed by atoms with Gasteiger partial charge in [0.25, 0.3) is 0 Å². The molecule has 0 amide bonds. The molecule has 0 aliphatic carbocycles. The predicted octanol–water partition coefficient (Wildman–Crippen LogP) is 3.02. The highest BCUT2D eigenvalue weighted by Crippen LogP contribution is 2.26. The van der Waals surface area contributed by atoms with Crippen LogP contribution in [0.25, 0.3) is 0 Å². The third kappa shape index (κ3) is 3.38. The van der Waals surface area contributed by atoms with Gasteiger partial charge in [0, 0.05) is 37.8 Å². The minimum Gasteiger partial charge on any atom is -0.469 e. The smallest absolute Gasteiger partial charge is 0.221 e. The van der Waals surface area contributed by atoms with Gasteiger partial charge in [-0.1, -0.05) is 5.57 Å². The van der Waals surface area contributed by atoms with Crippen LogP contribution in [0.2, 0.25) is 0 Å². The van der Waals surface area contributed by atoms with Gasteiger partial charge in [0.2, 0.25) is 5.96 Å². The fourth-order valence-corrected chi connectivity index (χ4v) is 3.91. The Morgan fingerprint density at radius 1 is 1.19 bits per heavy atom. The molecule has 6 nitrogen and oxygen atoms in total. The Morgan fingerprint density at radius 3 is 2.65 bits per heavy atom. The van der Waals surface area contributed by atoms with Crippen molar-refractivity contribution in [3.63, 3.8) is 0 Å². The zero-order valence-electron chi connectivity index (χ0n) is 15.7. The molecule has 0 bridgehead atoms. The number of hydrogen-bond acceptors (Lipinski definition) is 6. The van der Waals surface area contributed by atoms with Crippen LogP contribution < -0.4 is 0 Å². The topological polar surface area (TPSA) is 62.7 Å². The lowest BCUT2D eigenvalue weighted by Crippen LogP contribution is -2.48. The first-order chi connectivity index (χ1) is 12.6. The molecule has 4 heterocycles. The molecule has 1 fully saturated rings. The first-order valence-corrected chi connectivity index (χ1v) is 9.39. The molecular formula is C20H26N4O2. The fraction of sp³-hybridized carbons (Fsp3) is 0.550. The van der Waals surface area contributed by atoms with Gasteiger partial charge in [0.1, 0.15) is 5.76 Å². The van der Waals surface area contributed by atoms with Crippen LogP contribution in [0.3, 0.4) is 0 Å². The second-order valence-corrected chi connectivity index (χ2v) is 7.25. The Morgan fingerprint density at radius 2 is 2.00 bits per heavy atom. The molecule has 2 unspecified atom stereocenters. The normalized spacial score (nSPS) is 29.6. The Balaban J connectivity index is 1.71. The monoisotopic (exact) mass is 354 g/mol. The van der Waals surface area contributed by atoms with Crippen molar-refractivity contribution in [2.45, 2.75) is 45.8 Å². The van der Waals surface area contributed by atoms with E-state index in [0.717, 1.165) is 55.5 Å². The molecule has 3 aliphatic rings. The van der Waals surface area contributed by atoms with Crippen molar-refractivity contribution in [1.82, 2.24) is 4.90 Å². The average molecular weight is 354 g/mol. The van der Waals surface area contributed by atoms with Crippen LogP contribution in [0, 0.1) is 6.92 Å². The van der Waals surface area contributed by atoms with Gasteiger partial charge in [-0.25, -0.2) is 9.98 Å². The van der Waals surface area contributed by atoms with E-state index in [1.165, 1.54) is 11.1 Å². The van der Waals surface area contributed by atoms with E-state index in [4.69, 9.17) is 19.1 Å². The SMILES string of the molecule is Cc1occc1C1=NC(N2CC(C)OC(C)C2)=NC/C1=C1/CC=NCC1. The highest BCUT2D eigenvalue weighted by Gasteiger charge is 2.29. The zero-order chi connectivity index (χ0) is 18.1. The van der Waals surface area contributed by atoms with Crippen molar-refractivity contribution < 1.29 is 9.15 Å². The molecule has 3 aliphatic heterocycles. The minimum atomic E-state index is 0.185. The van der Waals surface area contributed by atoms with Gasteiger partial charge in [-0.2, -0.15) is 0 Å². The van der Waals surface area contributed by atoms with Crippen molar-refractivity contribution >= 4 is 17.9 Å². The van der Waals surface area contributed by atoms with E-state index in [1.807, 2.05) is 19.2 Å². The Bertz CT molecular complexity index is 792. The summed E-state index contributed by atoms with van der Waals surface area (Å²) in [5.41, 5.74) is 4.71. The van der Waals surface area contributed by atoms with Crippen LogP contribution in [0.1, 0.15) is 38.0 Å². The lowest BCUT2D eigenvalue weighted by molar-refractivity contribution is -0.0483. The van der Waals surface area contributed by atoms with E-state index in [2.05, 4.69) is 23.7 Å². The van der Waals surface area contributed by atoms with Gasteiger partial charge in [-0.3, -0.25) is 4.99 Å². The summed E-state index contributed by atoms with van der Waals surface area (Å²) >= 11 is 0. The highest BCUT2D eigenvalue weighted by atomic mass is 16.5. The van der Waals surface area contributed by atoms with Crippen molar-refractivity contribution in [2.75, 3.05) is 26.2 Å². The number of rotatable bonds is 1. The Hall–Kier alpha value is -2.21. The standard InChI is InChI=1S/C20H26N4O2/c1-13-11-24(12-14(2)26-13)20-22-10-18(16-4-7-21-8-5-16)19(23-20)17-6-9-25-15(17)3/h6-7,9,13-14H,4-5,8,10-12H2,1-3H3/b18-16+. The summed E-state index contributed by atoms with van der Waals surface area (Å²) in [4.78, 5) is 16.4. The second kappa shape index (κ2) is 7.19. The molecular weight excluding hydrogens is 328 g/mol. The van der Waals surface area contributed by atoms with E-state index in [0.29, 0.717) is 6.54 Å². The number of nitrogens with zero attached hydrogens (tertiary/aromatic N) is 4. The zero-order valence-corrected chi connectivity index (χ0v) is 15.7. The number of morpholine rings is 1. The lowest BCUT2D eigenvalue weighted by Gasteiger charge is -2.37. The third-order valence-electron chi connectivity index (χ3n) is 5.13. The van der Waals surface area contributed by atoms with Crippen molar-refractivity contribution in [3.05, 3.63) is 34.8 Å². The first kappa shape index (κ1) is 17.2. The summed E-state index contributed by atoms with van der Waals surface area (Å²) in [5, 5.41) is 0. The van der Waals surface area contributed by atoms with Crippen LogP contribution in [0.5, 0.6) is 0 Å². The van der Waals surface area contributed by atoms with Gasteiger partial charge in [-0.15, -0.1) is 0 Å². The minimum absolute atomic E-state index is 0.185. The molecule has 2 atom stereocenters. The maximum atomic E-state index is 5.86. The largest absolute Gasteiger partial charge is 0.469 e. The second-order valence-electron chi connectivity index (χ2n) is 7.25. The summed E-state index contributed by atoms with van der Waals surface area (Å²) in [7, 11) is 0. The van der Waals surface area contributed by atoms with Gasteiger partial charge in [-0.05, 0) is 38.8 Å².